The summed E-state index contributed by atoms with van der Waals surface area (Å²) in [6.07, 6.45) is 1.18. The van der Waals surface area contributed by atoms with Crippen LogP contribution in [0.15, 0.2) is 54.6 Å². The molecule has 1 nitrogen and oxygen atoms in total. The summed E-state index contributed by atoms with van der Waals surface area (Å²) in [4.78, 5) is 0. The normalized spacial score (nSPS) is 13.9. The first kappa shape index (κ1) is 14.8. The molecule has 20 heavy (non-hydrogen) atoms. The van der Waals surface area contributed by atoms with Gasteiger partial charge in [-0.15, -0.1) is 0 Å². The molecule has 0 aromatic heterocycles. The van der Waals surface area contributed by atoms with Gasteiger partial charge >= 0.3 is 0 Å². The van der Waals surface area contributed by atoms with E-state index in [1.54, 1.807) is 0 Å². The topological polar surface area (TPSA) is 12.0 Å². The zero-order valence-corrected chi connectivity index (χ0v) is 12.8. The van der Waals surface area contributed by atoms with Gasteiger partial charge in [0.2, 0.25) is 0 Å². The lowest BCUT2D eigenvalue weighted by molar-refractivity contribution is 0.481. The van der Waals surface area contributed by atoms with Crippen LogP contribution in [0, 0.1) is 0 Å². The molecule has 0 fully saturated rings. The van der Waals surface area contributed by atoms with Gasteiger partial charge in [-0.3, -0.25) is 0 Å². The molecule has 2 aromatic rings. The van der Waals surface area contributed by atoms with E-state index in [9.17, 15) is 0 Å². The van der Waals surface area contributed by atoms with Gasteiger partial charge in [-0.2, -0.15) is 0 Å². The van der Waals surface area contributed by atoms with Gasteiger partial charge in [-0.05, 0) is 42.5 Å². The van der Waals surface area contributed by atoms with E-state index in [1.807, 2.05) is 0 Å². The largest absolute Gasteiger partial charge is 0.314 e. The minimum atomic E-state index is 0.512. The lowest BCUT2D eigenvalue weighted by Gasteiger charge is -2.21. The maximum absolute atomic E-state index is 3.58. The van der Waals surface area contributed by atoms with Crippen molar-refractivity contribution >= 4 is 0 Å². The summed E-state index contributed by atoms with van der Waals surface area (Å²) in [5.41, 5.74) is 3.97. The summed E-state index contributed by atoms with van der Waals surface area (Å²) in [6.45, 7) is 7.86. The summed E-state index contributed by atoms with van der Waals surface area (Å²) in [7, 11) is 0. The van der Waals surface area contributed by atoms with Crippen molar-refractivity contribution in [3.63, 3.8) is 0 Å². The fourth-order valence-corrected chi connectivity index (χ4v) is 2.45. The SMILES string of the molecule is CCCNC(C)C(C)c1ccc(-c2ccccc2)cc1. The molecule has 2 aromatic carbocycles. The van der Waals surface area contributed by atoms with Crippen LogP contribution >= 0.6 is 0 Å². The first-order valence-corrected chi connectivity index (χ1v) is 7.61. The quantitative estimate of drug-likeness (QED) is 0.789. The lowest BCUT2D eigenvalue weighted by atomic mass is 9.92. The molecule has 0 aliphatic carbocycles. The molecule has 0 saturated heterocycles. The Morgan fingerprint density at radius 1 is 0.850 bits per heavy atom. The number of hydrogen-bond donors (Lipinski definition) is 1. The molecule has 0 spiro atoms. The zero-order valence-electron chi connectivity index (χ0n) is 12.8. The predicted octanol–water partition coefficient (Wildman–Crippen LogP) is 4.85. The van der Waals surface area contributed by atoms with E-state index in [-0.39, 0.29) is 0 Å². The molecule has 2 atom stereocenters. The van der Waals surface area contributed by atoms with E-state index < -0.39 is 0 Å². The Bertz CT molecular complexity index is 501. The van der Waals surface area contributed by atoms with Crippen molar-refractivity contribution in [1.82, 2.24) is 5.32 Å². The highest BCUT2D eigenvalue weighted by Crippen LogP contribution is 2.24. The van der Waals surface area contributed by atoms with Crippen LogP contribution in [0.3, 0.4) is 0 Å². The van der Waals surface area contributed by atoms with Gasteiger partial charge in [-0.25, -0.2) is 0 Å². The first-order valence-electron chi connectivity index (χ1n) is 7.61. The molecule has 106 valence electrons. The first-order chi connectivity index (χ1) is 9.72. The van der Waals surface area contributed by atoms with Crippen molar-refractivity contribution in [2.45, 2.75) is 39.2 Å². The van der Waals surface area contributed by atoms with E-state index >= 15 is 0 Å². The molecular weight excluding hydrogens is 242 g/mol. The average molecular weight is 267 g/mol. The molecule has 1 heteroatoms. The Labute approximate surface area is 123 Å². The summed E-state index contributed by atoms with van der Waals surface area (Å²) in [6, 6.07) is 20.0. The second kappa shape index (κ2) is 7.25. The lowest BCUT2D eigenvalue weighted by Crippen LogP contribution is -2.31. The van der Waals surface area contributed by atoms with Crippen molar-refractivity contribution in [3.8, 4) is 11.1 Å². The van der Waals surface area contributed by atoms with Gasteiger partial charge in [0, 0.05) is 6.04 Å². The van der Waals surface area contributed by atoms with Gasteiger partial charge in [0.15, 0.2) is 0 Å². The number of rotatable bonds is 6. The third-order valence-corrected chi connectivity index (χ3v) is 4.01. The van der Waals surface area contributed by atoms with Crippen molar-refractivity contribution < 1.29 is 0 Å². The minimum absolute atomic E-state index is 0.512. The van der Waals surface area contributed by atoms with Crippen LogP contribution in [-0.4, -0.2) is 12.6 Å². The number of benzene rings is 2. The molecule has 0 aliphatic rings. The van der Waals surface area contributed by atoms with E-state index in [0.717, 1.165) is 6.54 Å². The summed E-state index contributed by atoms with van der Waals surface area (Å²) in [5.74, 6) is 0.534. The zero-order chi connectivity index (χ0) is 14.4. The average Bonchev–Trinajstić information content (AvgIpc) is 2.53. The van der Waals surface area contributed by atoms with Crippen molar-refractivity contribution in [2.75, 3.05) is 6.54 Å². The second-order valence-corrected chi connectivity index (χ2v) is 5.52. The fraction of sp³-hybridized carbons (Fsp3) is 0.368. The van der Waals surface area contributed by atoms with Crippen LogP contribution in [0.4, 0.5) is 0 Å². The Balaban J connectivity index is 2.08. The van der Waals surface area contributed by atoms with E-state index in [0.29, 0.717) is 12.0 Å². The molecule has 2 rings (SSSR count). The molecular formula is C19H25N. The van der Waals surface area contributed by atoms with Crippen LogP contribution in [0.2, 0.25) is 0 Å². The highest BCUT2D eigenvalue weighted by atomic mass is 14.9. The minimum Gasteiger partial charge on any atom is -0.314 e. The standard InChI is InChI=1S/C19H25N/c1-4-14-20-16(3)15(2)17-10-12-19(13-11-17)18-8-6-5-7-9-18/h5-13,15-16,20H,4,14H2,1-3H3. The van der Waals surface area contributed by atoms with Crippen LogP contribution in [0.1, 0.15) is 38.7 Å². The van der Waals surface area contributed by atoms with Crippen LogP contribution < -0.4 is 5.32 Å². The molecule has 1 N–H and O–H groups in total. The van der Waals surface area contributed by atoms with Crippen molar-refractivity contribution in [3.05, 3.63) is 60.2 Å². The van der Waals surface area contributed by atoms with Crippen molar-refractivity contribution in [1.29, 1.82) is 0 Å². The second-order valence-electron chi connectivity index (χ2n) is 5.52. The van der Waals surface area contributed by atoms with Crippen molar-refractivity contribution in [2.24, 2.45) is 0 Å². The monoisotopic (exact) mass is 267 g/mol. The molecule has 0 radical (unpaired) electrons. The van der Waals surface area contributed by atoms with Crippen LogP contribution in [0.5, 0.6) is 0 Å². The highest BCUT2D eigenvalue weighted by molar-refractivity contribution is 5.63. The molecule has 0 bridgehead atoms. The Morgan fingerprint density at radius 2 is 1.45 bits per heavy atom. The van der Waals surface area contributed by atoms with Gasteiger partial charge in [0.05, 0.1) is 0 Å². The molecule has 0 heterocycles. The Hall–Kier alpha value is -1.60. The fourth-order valence-electron chi connectivity index (χ4n) is 2.45. The molecule has 2 unspecified atom stereocenters. The Morgan fingerprint density at radius 3 is 2.05 bits per heavy atom. The summed E-state index contributed by atoms with van der Waals surface area (Å²) in [5, 5.41) is 3.58. The van der Waals surface area contributed by atoms with Gasteiger partial charge in [0.1, 0.15) is 0 Å². The van der Waals surface area contributed by atoms with Gasteiger partial charge in [-0.1, -0.05) is 68.4 Å². The Kier molecular flexibility index (Phi) is 5.37. The maximum Gasteiger partial charge on any atom is 0.0105 e. The predicted molar refractivity (Wildman–Crippen MR) is 88.0 cm³/mol. The highest BCUT2D eigenvalue weighted by Gasteiger charge is 2.13. The summed E-state index contributed by atoms with van der Waals surface area (Å²) >= 11 is 0. The van der Waals surface area contributed by atoms with E-state index in [4.69, 9.17) is 0 Å². The van der Waals surface area contributed by atoms with Crippen LogP contribution in [0.25, 0.3) is 11.1 Å². The third-order valence-electron chi connectivity index (χ3n) is 4.01. The van der Waals surface area contributed by atoms with Gasteiger partial charge < -0.3 is 5.32 Å². The number of hydrogen-bond acceptors (Lipinski definition) is 1. The number of nitrogens with one attached hydrogen (secondary N) is 1. The third kappa shape index (κ3) is 3.71. The van der Waals surface area contributed by atoms with E-state index in [1.165, 1.54) is 23.1 Å². The molecule has 0 aliphatic heterocycles. The van der Waals surface area contributed by atoms with E-state index in [2.05, 4.69) is 80.7 Å². The smallest absolute Gasteiger partial charge is 0.0105 e. The maximum atomic E-state index is 3.58. The summed E-state index contributed by atoms with van der Waals surface area (Å²) < 4.78 is 0. The van der Waals surface area contributed by atoms with Crippen LogP contribution in [-0.2, 0) is 0 Å². The van der Waals surface area contributed by atoms with Gasteiger partial charge in [0.25, 0.3) is 0 Å². The molecule has 0 amide bonds. The molecule has 0 saturated carbocycles.